The van der Waals surface area contributed by atoms with Gasteiger partial charge in [0.05, 0.1) is 35.7 Å². The second-order valence-electron chi connectivity index (χ2n) is 7.14. The summed E-state index contributed by atoms with van der Waals surface area (Å²) < 4.78 is 16.2. The van der Waals surface area contributed by atoms with Gasteiger partial charge in [0.15, 0.2) is 0 Å². The number of para-hydroxylation sites is 1. The molecule has 0 aliphatic carbocycles. The van der Waals surface area contributed by atoms with Gasteiger partial charge in [-0.1, -0.05) is 30.3 Å². The standard InChI is InChI=1S/C24H29N3O4/c1-3-29-16-19(27-24-21-6-4-5-7-23(21)26-15-22(24)25)14-18-8-10-20(11-9-18)31-13-12-30-17(2)28/h4-11,15,19H,3,12-14,16,25H2,1-2H3,(H,26,27)/t19-/m0/s1. The molecule has 0 amide bonds. The van der Waals surface area contributed by atoms with E-state index < -0.39 is 0 Å². The number of nitrogens with zero attached hydrogens (tertiary/aromatic N) is 1. The van der Waals surface area contributed by atoms with Crippen molar-refractivity contribution in [2.75, 3.05) is 37.5 Å². The lowest BCUT2D eigenvalue weighted by Gasteiger charge is -2.22. The third-order valence-corrected chi connectivity index (χ3v) is 4.74. The predicted octanol–water partition coefficient (Wildman–Crippen LogP) is 3.82. The second kappa shape index (κ2) is 11.2. The largest absolute Gasteiger partial charge is 0.490 e. The van der Waals surface area contributed by atoms with Crippen LogP contribution in [0.3, 0.4) is 0 Å². The maximum absolute atomic E-state index is 10.8. The Morgan fingerprint density at radius 3 is 2.65 bits per heavy atom. The summed E-state index contributed by atoms with van der Waals surface area (Å²) in [7, 11) is 0. The Kier molecular flexibility index (Phi) is 8.06. The minimum atomic E-state index is -0.311. The molecular formula is C24H29N3O4. The van der Waals surface area contributed by atoms with E-state index in [-0.39, 0.29) is 18.6 Å². The van der Waals surface area contributed by atoms with Gasteiger partial charge in [-0.25, -0.2) is 0 Å². The summed E-state index contributed by atoms with van der Waals surface area (Å²) in [4.78, 5) is 15.2. The highest BCUT2D eigenvalue weighted by atomic mass is 16.6. The zero-order valence-corrected chi connectivity index (χ0v) is 18.0. The fraction of sp³-hybridized carbons (Fsp3) is 0.333. The number of carbonyl (C=O) groups is 1. The molecule has 0 spiro atoms. The van der Waals surface area contributed by atoms with Crippen molar-refractivity contribution in [3.63, 3.8) is 0 Å². The van der Waals surface area contributed by atoms with Gasteiger partial charge in [0.1, 0.15) is 19.0 Å². The highest BCUT2D eigenvalue weighted by Gasteiger charge is 2.14. The number of hydrogen-bond acceptors (Lipinski definition) is 7. The molecule has 1 heterocycles. The lowest BCUT2D eigenvalue weighted by molar-refractivity contribution is -0.141. The van der Waals surface area contributed by atoms with Crippen LogP contribution < -0.4 is 15.8 Å². The second-order valence-corrected chi connectivity index (χ2v) is 7.14. The molecule has 0 aliphatic heterocycles. The van der Waals surface area contributed by atoms with Crippen LogP contribution in [-0.2, 0) is 20.7 Å². The van der Waals surface area contributed by atoms with E-state index in [1.54, 1.807) is 6.20 Å². The molecule has 0 unspecified atom stereocenters. The first-order chi connectivity index (χ1) is 15.1. The number of rotatable bonds is 11. The first kappa shape index (κ1) is 22.4. The molecule has 31 heavy (non-hydrogen) atoms. The van der Waals surface area contributed by atoms with Crippen molar-refractivity contribution >= 4 is 28.2 Å². The molecule has 3 aromatic rings. The van der Waals surface area contributed by atoms with E-state index in [0.29, 0.717) is 25.5 Å². The Bertz CT molecular complexity index is 992. The zero-order chi connectivity index (χ0) is 22.1. The average Bonchev–Trinajstić information content (AvgIpc) is 2.77. The molecule has 0 saturated heterocycles. The highest BCUT2D eigenvalue weighted by molar-refractivity contribution is 5.96. The number of pyridine rings is 1. The predicted molar refractivity (Wildman–Crippen MR) is 122 cm³/mol. The number of nitrogen functional groups attached to an aromatic ring is 1. The summed E-state index contributed by atoms with van der Waals surface area (Å²) in [5, 5.41) is 4.56. The van der Waals surface area contributed by atoms with Gasteiger partial charge in [-0.3, -0.25) is 9.78 Å². The summed E-state index contributed by atoms with van der Waals surface area (Å²) in [5.41, 5.74) is 9.76. The molecule has 3 N–H and O–H groups in total. The Morgan fingerprint density at radius 2 is 1.90 bits per heavy atom. The van der Waals surface area contributed by atoms with Crippen molar-refractivity contribution in [1.29, 1.82) is 0 Å². The summed E-state index contributed by atoms with van der Waals surface area (Å²) in [6, 6.07) is 15.8. The quantitative estimate of drug-likeness (QED) is 0.357. The van der Waals surface area contributed by atoms with Gasteiger partial charge in [0, 0.05) is 18.9 Å². The van der Waals surface area contributed by atoms with Gasteiger partial charge in [0.25, 0.3) is 0 Å². The Hall–Kier alpha value is -3.32. The highest BCUT2D eigenvalue weighted by Crippen LogP contribution is 2.28. The van der Waals surface area contributed by atoms with E-state index in [4.69, 9.17) is 19.9 Å². The number of esters is 1. The molecular weight excluding hydrogens is 394 g/mol. The SMILES string of the molecule is CCOC[C@H](Cc1ccc(OCCOC(C)=O)cc1)Nc1c(N)cnc2ccccc12. The Labute approximate surface area is 182 Å². The first-order valence-electron chi connectivity index (χ1n) is 10.4. The third-order valence-electron chi connectivity index (χ3n) is 4.74. The van der Waals surface area contributed by atoms with Gasteiger partial charge >= 0.3 is 5.97 Å². The Balaban J connectivity index is 1.68. The van der Waals surface area contributed by atoms with Crippen molar-refractivity contribution in [3.05, 3.63) is 60.3 Å². The number of benzene rings is 2. The van der Waals surface area contributed by atoms with Gasteiger partial charge in [0.2, 0.25) is 0 Å². The molecule has 2 aromatic carbocycles. The van der Waals surface area contributed by atoms with Crippen molar-refractivity contribution in [2.24, 2.45) is 0 Å². The lowest BCUT2D eigenvalue weighted by Crippen LogP contribution is -2.28. The third kappa shape index (κ3) is 6.58. The number of nitrogens with two attached hydrogens (primary N) is 1. The van der Waals surface area contributed by atoms with E-state index in [9.17, 15) is 4.79 Å². The number of fused-ring (bicyclic) bond motifs is 1. The van der Waals surface area contributed by atoms with Crippen LogP contribution in [0.1, 0.15) is 19.4 Å². The molecule has 0 aliphatic rings. The molecule has 7 nitrogen and oxygen atoms in total. The molecule has 1 atom stereocenters. The van der Waals surface area contributed by atoms with Gasteiger partial charge in [-0.2, -0.15) is 0 Å². The minimum absolute atomic E-state index is 0.0313. The van der Waals surface area contributed by atoms with Crippen molar-refractivity contribution < 1.29 is 19.0 Å². The van der Waals surface area contributed by atoms with E-state index in [1.807, 2.05) is 55.5 Å². The van der Waals surface area contributed by atoms with Gasteiger partial charge in [-0.05, 0) is 37.1 Å². The van der Waals surface area contributed by atoms with Crippen LogP contribution in [0.15, 0.2) is 54.7 Å². The van der Waals surface area contributed by atoms with Gasteiger partial charge in [-0.15, -0.1) is 0 Å². The fourth-order valence-electron chi connectivity index (χ4n) is 3.28. The molecule has 0 saturated carbocycles. The molecule has 0 radical (unpaired) electrons. The van der Waals surface area contributed by atoms with E-state index in [0.717, 1.165) is 34.3 Å². The van der Waals surface area contributed by atoms with Crippen molar-refractivity contribution in [3.8, 4) is 5.75 Å². The monoisotopic (exact) mass is 423 g/mol. The number of nitrogens with one attached hydrogen (secondary N) is 1. The maximum Gasteiger partial charge on any atom is 0.302 e. The number of ether oxygens (including phenoxy) is 3. The normalized spacial score (nSPS) is 11.8. The van der Waals surface area contributed by atoms with Crippen LogP contribution in [0.25, 0.3) is 10.9 Å². The number of anilines is 2. The molecule has 0 fully saturated rings. The first-order valence-corrected chi connectivity index (χ1v) is 10.4. The van der Waals surface area contributed by atoms with Crippen LogP contribution in [0, 0.1) is 0 Å². The smallest absolute Gasteiger partial charge is 0.302 e. The summed E-state index contributed by atoms with van der Waals surface area (Å²) in [6.07, 6.45) is 2.44. The average molecular weight is 424 g/mol. The van der Waals surface area contributed by atoms with Crippen LogP contribution >= 0.6 is 0 Å². The van der Waals surface area contributed by atoms with Gasteiger partial charge < -0.3 is 25.3 Å². The van der Waals surface area contributed by atoms with Crippen molar-refractivity contribution in [2.45, 2.75) is 26.3 Å². The van der Waals surface area contributed by atoms with E-state index in [1.165, 1.54) is 6.92 Å². The maximum atomic E-state index is 10.8. The number of hydrogen-bond donors (Lipinski definition) is 2. The summed E-state index contributed by atoms with van der Waals surface area (Å²) in [6.45, 7) is 5.10. The molecule has 0 bridgehead atoms. The summed E-state index contributed by atoms with van der Waals surface area (Å²) >= 11 is 0. The fourth-order valence-corrected chi connectivity index (χ4v) is 3.28. The number of carbonyl (C=O) groups excluding carboxylic acids is 1. The Morgan fingerprint density at radius 1 is 1.13 bits per heavy atom. The van der Waals surface area contributed by atoms with Crippen LogP contribution in [0.5, 0.6) is 5.75 Å². The lowest BCUT2D eigenvalue weighted by atomic mass is 10.0. The van der Waals surface area contributed by atoms with Crippen LogP contribution in [-0.4, -0.2) is 43.4 Å². The summed E-state index contributed by atoms with van der Waals surface area (Å²) in [5.74, 6) is 0.420. The number of aromatic nitrogens is 1. The molecule has 3 rings (SSSR count). The minimum Gasteiger partial charge on any atom is -0.490 e. The van der Waals surface area contributed by atoms with Crippen LogP contribution in [0.2, 0.25) is 0 Å². The van der Waals surface area contributed by atoms with E-state index in [2.05, 4.69) is 10.3 Å². The molecule has 164 valence electrons. The molecule has 7 heteroatoms. The topological polar surface area (TPSA) is 95.7 Å². The zero-order valence-electron chi connectivity index (χ0n) is 18.0. The van der Waals surface area contributed by atoms with E-state index >= 15 is 0 Å². The van der Waals surface area contributed by atoms with Crippen LogP contribution in [0.4, 0.5) is 11.4 Å². The van der Waals surface area contributed by atoms with Crippen molar-refractivity contribution in [1.82, 2.24) is 4.98 Å². The molecule has 1 aromatic heterocycles.